The van der Waals surface area contributed by atoms with E-state index in [0.717, 1.165) is 63.2 Å². The molecule has 0 radical (unpaired) electrons. The highest BCUT2D eigenvalue weighted by atomic mass is 19.1. The van der Waals surface area contributed by atoms with E-state index in [1.54, 1.807) is 0 Å². The fourth-order valence-electron chi connectivity index (χ4n) is 5.27. The van der Waals surface area contributed by atoms with Gasteiger partial charge in [0.05, 0.1) is 13.2 Å². The molecule has 1 aliphatic carbocycles. The zero-order valence-corrected chi connectivity index (χ0v) is 22.1. The van der Waals surface area contributed by atoms with Crippen LogP contribution in [0.4, 0.5) is 9.18 Å². The Morgan fingerprint density at radius 1 is 1.03 bits per heavy atom. The van der Waals surface area contributed by atoms with Crippen LogP contribution in [0.15, 0.2) is 48.5 Å². The third-order valence-electron chi connectivity index (χ3n) is 7.46. The summed E-state index contributed by atoms with van der Waals surface area (Å²) >= 11 is 0. The summed E-state index contributed by atoms with van der Waals surface area (Å²) in [5.41, 5.74) is 7.88. The first kappa shape index (κ1) is 28.5. The van der Waals surface area contributed by atoms with Crippen LogP contribution in [0.1, 0.15) is 54.3 Å². The van der Waals surface area contributed by atoms with Gasteiger partial charge in [0.2, 0.25) is 11.8 Å². The Morgan fingerprint density at radius 2 is 1.72 bits per heavy atom. The molecule has 0 spiro atoms. The highest BCUT2D eigenvalue weighted by Gasteiger charge is 2.34. The second kappa shape index (κ2) is 14.0. The number of rotatable bonds is 10. The molecule has 3 amide bonds. The van der Waals surface area contributed by atoms with E-state index in [4.69, 9.17) is 15.2 Å². The van der Waals surface area contributed by atoms with Gasteiger partial charge in [-0.3, -0.25) is 14.5 Å². The summed E-state index contributed by atoms with van der Waals surface area (Å²) < 4.78 is 24.0. The van der Waals surface area contributed by atoms with E-state index in [0.29, 0.717) is 18.5 Å². The van der Waals surface area contributed by atoms with Gasteiger partial charge in [0.15, 0.2) is 0 Å². The lowest BCUT2D eigenvalue weighted by molar-refractivity contribution is -0.131. The number of halogens is 1. The van der Waals surface area contributed by atoms with E-state index in [1.807, 2.05) is 24.3 Å². The predicted molar refractivity (Wildman–Crippen MR) is 143 cm³/mol. The first-order chi connectivity index (χ1) is 18.9. The summed E-state index contributed by atoms with van der Waals surface area (Å²) in [6.45, 7) is 4.59. The number of nitrogens with one attached hydrogen (secondary N) is 2. The van der Waals surface area contributed by atoms with Crippen LogP contribution in [0.3, 0.4) is 0 Å². The van der Waals surface area contributed by atoms with Gasteiger partial charge in [-0.1, -0.05) is 49.2 Å². The molecule has 1 saturated carbocycles. The quantitative estimate of drug-likeness (QED) is 0.426. The number of benzene rings is 2. The maximum Gasteiger partial charge on any atom is 0.407 e. The Balaban J connectivity index is 1.30. The van der Waals surface area contributed by atoms with Crippen molar-refractivity contribution in [2.45, 2.75) is 44.2 Å². The van der Waals surface area contributed by atoms with Crippen LogP contribution in [0, 0.1) is 11.7 Å². The number of alkyl carbamates (subject to hydrolysis) is 1. The molecule has 2 fully saturated rings. The van der Waals surface area contributed by atoms with Gasteiger partial charge in [-0.2, -0.15) is 0 Å². The van der Waals surface area contributed by atoms with Crippen LogP contribution >= 0.6 is 0 Å². The molecule has 9 nitrogen and oxygen atoms in total. The maximum atomic E-state index is 13.3. The number of carbonyl (C=O) groups is 3. The van der Waals surface area contributed by atoms with Crippen molar-refractivity contribution in [3.05, 3.63) is 71.0 Å². The fourth-order valence-corrected chi connectivity index (χ4v) is 5.27. The molecule has 210 valence electrons. The van der Waals surface area contributed by atoms with E-state index in [1.165, 1.54) is 24.3 Å². The van der Waals surface area contributed by atoms with Gasteiger partial charge in [-0.05, 0) is 47.6 Å². The van der Waals surface area contributed by atoms with Gasteiger partial charge in [0.1, 0.15) is 18.5 Å². The topological polar surface area (TPSA) is 123 Å². The van der Waals surface area contributed by atoms with Gasteiger partial charge in [0.25, 0.3) is 0 Å². The molecule has 4 N–H and O–H groups in total. The molecule has 2 aliphatic rings. The number of nitrogens with two attached hydrogens (primary N) is 1. The summed E-state index contributed by atoms with van der Waals surface area (Å²) in [6, 6.07) is 12.1. The van der Waals surface area contributed by atoms with Crippen LogP contribution < -0.4 is 16.4 Å². The maximum absolute atomic E-state index is 13.3. The minimum Gasteiger partial charge on any atom is -0.445 e. The average Bonchev–Trinajstić information content (AvgIpc) is 2.96. The van der Waals surface area contributed by atoms with Gasteiger partial charge in [-0.25, -0.2) is 9.18 Å². The molecule has 0 aromatic heterocycles. The number of ether oxygens (including phenoxy) is 2. The Kier molecular flexibility index (Phi) is 10.3. The molecular weight excluding hydrogens is 503 g/mol. The summed E-state index contributed by atoms with van der Waals surface area (Å²) in [7, 11) is 0. The van der Waals surface area contributed by atoms with Crippen molar-refractivity contribution in [2.24, 2.45) is 11.7 Å². The SMILES string of the molecule is NC(=O)[C@@H](NC(=O)[C@@H]1CCCC[C@H]1c1ccc(COC(=O)NCCN2CCOCC2)cc1)c1ccc(F)cc1. The first-order valence-electron chi connectivity index (χ1n) is 13.6. The van der Waals surface area contributed by atoms with Crippen LogP contribution in [0.5, 0.6) is 0 Å². The molecule has 0 unspecified atom stereocenters. The van der Waals surface area contributed by atoms with Crippen molar-refractivity contribution in [1.29, 1.82) is 0 Å². The third kappa shape index (κ3) is 8.24. The number of hydrogen-bond donors (Lipinski definition) is 3. The summed E-state index contributed by atoms with van der Waals surface area (Å²) in [6.07, 6.45) is 3.00. The molecule has 0 bridgehead atoms. The van der Waals surface area contributed by atoms with Crippen LogP contribution in [-0.4, -0.2) is 62.2 Å². The van der Waals surface area contributed by atoms with Crippen molar-refractivity contribution in [2.75, 3.05) is 39.4 Å². The number of primary amides is 1. The second-order valence-corrected chi connectivity index (χ2v) is 10.1. The molecule has 10 heteroatoms. The van der Waals surface area contributed by atoms with E-state index in [-0.39, 0.29) is 24.3 Å². The van der Waals surface area contributed by atoms with Gasteiger partial charge in [-0.15, -0.1) is 0 Å². The Bertz CT molecular complexity index is 1110. The van der Waals surface area contributed by atoms with Crippen LogP contribution in [0.25, 0.3) is 0 Å². The Hall–Kier alpha value is -3.50. The Morgan fingerprint density at radius 3 is 2.41 bits per heavy atom. The number of hydrogen-bond acceptors (Lipinski definition) is 6. The lowest BCUT2D eigenvalue weighted by Gasteiger charge is -2.32. The molecule has 4 rings (SSSR count). The van der Waals surface area contributed by atoms with Gasteiger partial charge >= 0.3 is 6.09 Å². The van der Waals surface area contributed by atoms with Crippen molar-refractivity contribution >= 4 is 17.9 Å². The monoisotopic (exact) mass is 540 g/mol. The van der Waals surface area contributed by atoms with Crippen LogP contribution in [0.2, 0.25) is 0 Å². The van der Waals surface area contributed by atoms with E-state index in [9.17, 15) is 18.8 Å². The lowest BCUT2D eigenvalue weighted by atomic mass is 9.74. The van der Waals surface area contributed by atoms with Crippen molar-refractivity contribution < 1.29 is 28.2 Å². The lowest BCUT2D eigenvalue weighted by Crippen LogP contribution is -2.42. The summed E-state index contributed by atoms with van der Waals surface area (Å²) in [5.74, 6) is -1.70. The number of carbonyl (C=O) groups excluding carboxylic acids is 3. The minimum atomic E-state index is -1.03. The first-order valence-corrected chi connectivity index (χ1v) is 13.6. The molecule has 1 saturated heterocycles. The smallest absolute Gasteiger partial charge is 0.407 e. The number of morpholine rings is 1. The summed E-state index contributed by atoms with van der Waals surface area (Å²) in [5, 5.41) is 5.57. The largest absolute Gasteiger partial charge is 0.445 e. The highest BCUT2D eigenvalue weighted by molar-refractivity contribution is 5.89. The zero-order valence-electron chi connectivity index (χ0n) is 22.1. The normalized spacial score (nSPS) is 20.5. The van der Waals surface area contributed by atoms with Crippen molar-refractivity contribution in [3.8, 4) is 0 Å². The van der Waals surface area contributed by atoms with E-state index < -0.39 is 23.9 Å². The van der Waals surface area contributed by atoms with Crippen molar-refractivity contribution in [3.63, 3.8) is 0 Å². The molecule has 1 aliphatic heterocycles. The predicted octanol–water partition coefficient (Wildman–Crippen LogP) is 3.00. The van der Waals surface area contributed by atoms with E-state index in [2.05, 4.69) is 15.5 Å². The van der Waals surface area contributed by atoms with E-state index >= 15 is 0 Å². The third-order valence-corrected chi connectivity index (χ3v) is 7.46. The highest BCUT2D eigenvalue weighted by Crippen LogP contribution is 2.38. The van der Waals surface area contributed by atoms with Gasteiger partial charge < -0.3 is 25.8 Å². The number of nitrogens with zero attached hydrogens (tertiary/aromatic N) is 1. The zero-order chi connectivity index (χ0) is 27.6. The number of amides is 3. The second-order valence-electron chi connectivity index (χ2n) is 10.1. The molecule has 39 heavy (non-hydrogen) atoms. The molecule has 3 atom stereocenters. The molecule has 2 aromatic rings. The fraction of sp³-hybridized carbons (Fsp3) is 0.483. The molecule has 1 heterocycles. The molecular formula is C29H37FN4O5. The van der Waals surface area contributed by atoms with Crippen molar-refractivity contribution in [1.82, 2.24) is 15.5 Å². The Labute approximate surface area is 228 Å². The average molecular weight is 541 g/mol. The minimum absolute atomic E-state index is 0.0149. The molecule has 2 aromatic carbocycles. The van der Waals surface area contributed by atoms with Gasteiger partial charge in [0, 0.05) is 32.1 Å². The standard InChI is InChI=1S/C29H37FN4O5/c30-23-11-9-22(10-12-23)26(27(31)35)33-28(36)25-4-2-1-3-24(25)21-7-5-20(6-8-21)19-39-29(37)32-13-14-34-15-17-38-18-16-34/h5-12,24-26H,1-4,13-19H2,(H2,31,35)(H,32,37)(H,33,36)/t24-,25+,26-/m0/s1. The van der Waals surface area contributed by atoms with Crippen LogP contribution in [-0.2, 0) is 25.7 Å². The summed E-state index contributed by atoms with van der Waals surface area (Å²) in [4.78, 5) is 39.7.